The molecule has 4 rings (SSSR count). The van der Waals surface area contributed by atoms with Crippen LogP contribution in [-0.4, -0.2) is 6.04 Å². The molecule has 0 saturated heterocycles. The van der Waals surface area contributed by atoms with Gasteiger partial charge >= 0.3 is 0 Å². The minimum absolute atomic E-state index is 0.513. The molecule has 0 amide bonds. The summed E-state index contributed by atoms with van der Waals surface area (Å²) in [5, 5.41) is 0. The Labute approximate surface area is 125 Å². The highest BCUT2D eigenvalue weighted by molar-refractivity contribution is 5.09. The van der Waals surface area contributed by atoms with E-state index < -0.39 is 0 Å². The second kappa shape index (κ2) is 4.48. The van der Waals surface area contributed by atoms with Gasteiger partial charge < -0.3 is 5.73 Å². The molecule has 0 heterocycles. The van der Waals surface area contributed by atoms with Crippen molar-refractivity contribution in [1.82, 2.24) is 0 Å². The topological polar surface area (TPSA) is 26.0 Å². The predicted molar refractivity (Wildman–Crippen MR) is 84.3 cm³/mol. The smallest absolute Gasteiger partial charge is 0.00757 e. The predicted octanol–water partition coefficient (Wildman–Crippen LogP) is 4.75. The Bertz CT molecular complexity index is 391. The molecule has 4 saturated carbocycles. The first-order valence-corrected chi connectivity index (χ1v) is 9.30. The molecule has 114 valence electrons. The zero-order chi connectivity index (χ0) is 14.0. The summed E-state index contributed by atoms with van der Waals surface area (Å²) in [4.78, 5) is 0. The molecule has 0 aromatic heterocycles. The monoisotopic (exact) mass is 275 g/mol. The number of hydrogen-bond donors (Lipinski definition) is 1. The van der Waals surface area contributed by atoms with Crippen LogP contribution in [0.4, 0.5) is 0 Å². The van der Waals surface area contributed by atoms with Gasteiger partial charge in [-0.15, -0.1) is 0 Å². The van der Waals surface area contributed by atoms with Gasteiger partial charge in [0.1, 0.15) is 0 Å². The summed E-state index contributed by atoms with van der Waals surface area (Å²) >= 11 is 0. The third kappa shape index (κ3) is 1.71. The summed E-state index contributed by atoms with van der Waals surface area (Å²) < 4.78 is 0. The summed E-state index contributed by atoms with van der Waals surface area (Å²) in [6.45, 7) is 5.24. The van der Waals surface area contributed by atoms with Gasteiger partial charge in [-0.05, 0) is 79.4 Å². The number of fused-ring (bicyclic) bond motifs is 5. The summed E-state index contributed by atoms with van der Waals surface area (Å²) in [5.41, 5.74) is 8.06. The average Bonchev–Trinajstić information content (AvgIpc) is 2.81. The lowest BCUT2D eigenvalue weighted by Gasteiger charge is -2.61. The van der Waals surface area contributed by atoms with Crippen LogP contribution < -0.4 is 5.73 Å². The fourth-order valence-corrected chi connectivity index (χ4v) is 7.34. The second-order valence-corrected chi connectivity index (χ2v) is 9.22. The lowest BCUT2D eigenvalue weighted by atomic mass is 9.44. The van der Waals surface area contributed by atoms with Gasteiger partial charge in [0.15, 0.2) is 0 Å². The van der Waals surface area contributed by atoms with Crippen LogP contribution in [-0.2, 0) is 0 Å². The van der Waals surface area contributed by atoms with Crippen molar-refractivity contribution in [3.8, 4) is 0 Å². The van der Waals surface area contributed by atoms with Crippen LogP contribution in [0.5, 0.6) is 0 Å². The van der Waals surface area contributed by atoms with E-state index in [2.05, 4.69) is 13.8 Å². The first-order chi connectivity index (χ1) is 9.55. The number of hydrogen-bond acceptors (Lipinski definition) is 1. The zero-order valence-corrected chi connectivity index (χ0v) is 13.5. The van der Waals surface area contributed by atoms with E-state index in [-0.39, 0.29) is 0 Å². The van der Waals surface area contributed by atoms with Crippen LogP contribution in [0.2, 0.25) is 0 Å². The average molecular weight is 275 g/mol. The van der Waals surface area contributed by atoms with Crippen LogP contribution in [0.15, 0.2) is 0 Å². The Balaban J connectivity index is 1.69. The van der Waals surface area contributed by atoms with Gasteiger partial charge in [-0.3, -0.25) is 0 Å². The molecule has 4 aliphatic rings. The van der Waals surface area contributed by atoms with Crippen molar-refractivity contribution in [2.75, 3.05) is 0 Å². The molecule has 4 aliphatic carbocycles. The summed E-state index contributed by atoms with van der Waals surface area (Å²) in [5.74, 6) is 3.71. The van der Waals surface area contributed by atoms with Crippen molar-refractivity contribution >= 4 is 0 Å². The quantitative estimate of drug-likeness (QED) is 0.678. The lowest BCUT2D eigenvalue weighted by Crippen LogP contribution is -2.59. The van der Waals surface area contributed by atoms with Crippen LogP contribution in [0.3, 0.4) is 0 Å². The second-order valence-electron chi connectivity index (χ2n) is 9.22. The SMILES string of the molecule is C[C@@]12CCC[C@H]1[C@@H]1C(N)C[C@H]3CCCC[C@]3(C)[C@H]1CC2. The Morgan fingerprint density at radius 3 is 2.55 bits per heavy atom. The third-order valence-electron chi connectivity index (χ3n) is 8.46. The maximum atomic E-state index is 6.77. The highest BCUT2D eigenvalue weighted by atomic mass is 14.8. The van der Waals surface area contributed by atoms with Crippen LogP contribution in [0, 0.1) is 34.5 Å². The Morgan fingerprint density at radius 1 is 0.850 bits per heavy atom. The molecule has 0 radical (unpaired) electrons. The van der Waals surface area contributed by atoms with Gasteiger partial charge in [-0.1, -0.05) is 33.1 Å². The molecule has 20 heavy (non-hydrogen) atoms. The molecule has 4 fully saturated rings. The normalized spacial score (nSPS) is 58.6. The zero-order valence-electron chi connectivity index (χ0n) is 13.5. The van der Waals surface area contributed by atoms with Crippen molar-refractivity contribution in [1.29, 1.82) is 0 Å². The third-order valence-corrected chi connectivity index (χ3v) is 8.46. The highest BCUT2D eigenvalue weighted by Crippen LogP contribution is 2.65. The first-order valence-electron chi connectivity index (χ1n) is 9.30. The maximum Gasteiger partial charge on any atom is 0.00757 e. The van der Waals surface area contributed by atoms with Gasteiger partial charge in [0.05, 0.1) is 0 Å². The van der Waals surface area contributed by atoms with E-state index in [4.69, 9.17) is 5.73 Å². The molecular weight excluding hydrogens is 242 g/mol. The summed E-state index contributed by atoms with van der Waals surface area (Å²) in [6.07, 6.45) is 14.6. The molecule has 1 unspecified atom stereocenters. The van der Waals surface area contributed by atoms with E-state index in [1.165, 1.54) is 64.2 Å². The molecular formula is C19H33N. The van der Waals surface area contributed by atoms with E-state index in [9.17, 15) is 0 Å². The van der Waals surface area contributed by atoms with E-state index in [0.29, 0.717) is 16.9 Å². The first kappa shape index (κ1) is 13.6. The van der Waals surface area contributed by atoms with E-state index in [1.54, 1.807) is 0 Å². The molecule has 0 aromatic carbocycles. The molecule has 1 heteroatoms. The molecule has 0 aromatic rings. The minimum Gasteiger partial charge on any atom is -0.327 e. The Morgan fingerprint density at radius 2 is 1.70 bits per heavy atom. The maximum absolute atomic E-state index is 6.77. The van der Waals surface area contributed by atoms with Crippen LogP contribution >= 0.6 is 0 Å². The molecule has 1 nitrogen and oxygen atoms in total. The Hall–Kier alpha value is -0.0400. The molecule has 0 spiro atoms. The van der Waals surface area contributed by atoms with Gasteiger partial charge in [0, 0.05) is 6.04 Å². The van der Waals surface area contributed by atoms with Gasteiger partial charge in [0.25, 0.3) is 0 Å². The van der Waals surface area contributed by atoms with Crippen molar-refractivity contribution in [2.24, 2.45) is 40.2 Å². The van der Waals surface area contributed by atoms with Gasteiger partial charge in [-0.2, -0.15) is 0 Å². The van der Waals surface area contributed by atoms with Crippen molar-refractivity contribution < 1.29 is 0 Å². The lowest BCUT2D eigenvalue weighted by molar-refractivity contribution is -0.112. The fraction of sp³-hybridized carbons (Fsp3) is 1.00. The molecule has 0 bridgehead atoms. The largest absolute Gasteiger partial charge is 0.327 e. The Kier molecular flexibility index (Phi) is 3.05. The molecule has 2 N–H and O–H groups in total. The fourth-order valence-electron chi connectivity index (χ4n) is 7.34. The van der Waals surface area contributed by atoms with Crippen LogP contribution in [0.25, 0.3) is 0 Å². The van der Waals surface area contributed by atoms with E-state index in [1.807, 2.05) is 0 Å². The molecule has 0 aliphatic heterocycles. The summed E-state index contributed by atoms with van der Waals surface area (Å²) in [6, 6.07) is 0.513. The number of nitrogens with two attached hydrogens (primary N) is 1. The van der Waals surface area contributed by atoms with Crippen molar-refractivity contribution in [3.63, 3.8) is 0 Å². The number of rotatable bonds is 0. The minimum atomic E-state index is 0.513. The van der Waals surface area contributed by atoms with Gasteiger partial charge in [0.2, 0.25) is 0 Å². The van der Waals surface area contributed by atoms with Crippen molar-refractivity contribution in [3.05, 3.63) is 0 Å². The highest BCUT2D eigenvalue weighted by Gasteiger charge is 2.59. The van der Waals surface area contributed by atoms with Gasteiger partial charge in [-0.25, -0.2) is 0 Å². The van der Waals surface area contributed by atoms with E-state index in [0.717, 1.165) is 23.7 Å². The van der Waals surface area contributed by atoms with E-state index >= 15 is 0 Å². The molecule has 7 atom stereocenters. The van der Waals surface area contributed by atoms with Crippen LogP contribution in [0.1, 0.15) is 78.1 Å². The standard InChI is InChI=1S/C19H33N/c1-18-9-5-7-14(18)17-15(8-11-18)19(2)10-4-3-6-13(19)12-16(17)20/h13-17H,3-12,20H2,1-2H3/t13-,14+,15+,16?,17+,18+,19+/m1/s1. The summed E-state index contributed by atoms with van der Waals surface area (Å²) in [7, 11) is 0. The van der Waals surface area contributed by atoms with Crippen molar-refractivity contribution in [2.45, 2.75) is 84.1 Å².